The van der Waals surface area contributed by atoms with E-state index in [2.05, 4.69) is 5.16 Å². The molecule has 1 heterocycles. The summed E-state index contributed by atoms with van der Waals surface area (Å²) in [5.41, 5.74) is 1.81. The zero-order chi connectivity index (χ0) is 16.1. The first-order chi connectivity index (χ1) is 11.3. The minimum atomic E-state index is 0.261. The maximum absolute atomic E-state index is 5.32. The molecule has 0 aromatic heterocycles. The molecule has 0 unspecified atom stereocenters. The van der Waals surface area contributed by atoms with Gasteiger partial charge in [0.05, 0.1) is 20.4 Å². The summed E-state index contributed by atoms with van der Waals surface area (Å²) in [7, 11) is 3.19. The Morgan fingerprint density at radius 1 is 1.00 bits per heavy atom. The fraction of sp³-hybridized carbons (Fsp3) is 0.235. The molecule has 0 saturated heterocycles. The maximum Gasteiger partial charge on any atom is 0.231 e. The largest absolute Gasteiger partial charge is 0.493 e. The van der Waals surface area contributed by atoms with Gasteiger partial charge in [0.15, 0.2) is 23.0 Å². The van der Waals surface area contributed by atoms with Crippen molar-refractivity contribution in [1.82, 2.24) is 0 Å². The molecule has 0 atom stereocenters. The zero-order valence-corrected chi connectivity index (χ0v) is 12.9. The third-order valence-electron chi connectivity index (χ3n) is 3.35. The quantitative estimate of drug-likeness (QED) is 0.606. The van der Waals surface area contributed by atoms with Crippen molar-refractivity contribution in [3.05, 3.63) is 47.5 Å². The maximum atomic E-state index is 5.32. The minimum Gasteiger partial charge on any atom is -0.493 e. The first-order valence-electron chi connectivity index (χ1n) is 7.06. The summed E-state index contributed by atoms with van der Waals surface area (Å²) in [6.45, 7) is 0.609. The summed E-state index contributed by atoms with van der Waals surface area (Å²) in [5.74, 6) is 2.80. The Morgan fingerprint density at radius 3 is 2.65 bits per heavy atom. The number of ether oxygens (including phenoxy) is 4. The van der Waals surface area contributed by atoms with Crippen LogP contribution in [0.1, 0.15) is 11.1 Å². The number of oxime groups is 1. The van der Waals surface area contributed by atoms with Crippen molar-refractivity contribution in [1.29, 1.82) is 0 Å². The van der Waals surface area contributed by atoms with E-state index in [1.54, 1.807) is 20.4 Å². The molecule has 6 heteroatoms. The van der Waals surface area contributed by atoms with Crippen LogP contribution < -0.4 is 18.9 Å². The second-order valence-corrected chi connectivity index (χ2v) is 4.81. The Balaban J connectivity index is 1.59. The van der Waals surface area contributed by atoms with Crippen LogP contribution in [0, 0.1) is 0 Å². The monoisotopic (exact) mass is 315 g/mol. The molecule has 2 aromatic carbocycles. The lowest BCUT2D eigenvalue weighted by Crippen LogP contribution is -1.93. The minimum absolute atomic E-state index is 0.261. The topological polar surface area (TPSA) is 58.5 Å². The second-order valence-electron chi connectivity index (χ2n) is 4.81. The molecule has 2 aromatic rings. The van der Waals surface area contributed by atoms with Crippen LogP contribution in [0.15, 0.2) is 41.6 Å². The first kappa shape index (κ1) is 15.0. The van der Waals surface area contributed by atoms with Crippen molar-refractivity contribution in [2.45, 2.75) is 6.61 Å². The van der Waals surface area contributed by atoms with E-state index in [0.717, 1.165) is 22.6 Å². The van der Waals surface area contributed by atoms with E-state index in [1.165, 1.54) is 0 Å². The van der Waals surface area contributed by atoms with Crippen molar-refractivity contribution >= 4 is 6.21 Å². The summed E-state index contributed by atoms with van der Waals surface area (Å²) in [6.07, 6.45) is 1.62. The SMILES string of the molecule is COc1ccc(/C=N\OCc2ccc3c(c2)OCO3)cc1OC. The lowest BCUT2D eigenvalue weighted by molar-refractivity contribution is 0.132. The molecule has 0 saturated carbocycles. The van der Waals surface area contributed by atoms with Gasteiger partial charge in [0, 0.05) is 5.56 Å². The average molecular weight is 315 g/mol. The number of fused-ring (bicyclic) bond motifs is 1. The molecular formula is C17H17NO5. The van der Waals surface area contributed by atoms with Gasteiger partial charge in [-0.3, -0.25) is 0 Å². The van der Waals surface area contributed by atoms with Crippen molar-refractivity contribution in [2.75, 3.05) is 21.0 Å². The molecule has 0 spiro atoms. The van der Waals surface area contributed by atoms with Crippen molar-refractivity contribution in [3.8, 4) is 23.0 Å². The van der Waals surface area contributed by atoms with E-state index in [4.69, 9.17) is 23.8 Å². The number of hydrogen-bond acceptors (Lipinski definition) is 6. The Bertz CT molecular complexity index is 714. The summed E-state index contributed by atoms with van der Waals surface area (Å²) in [4.78, 5) is 5.31. The molecule has 3 rings (SSSR count). The summed E-state index contributed by atoms with van der Waals surface area (Å²) >= 11 is 0. The second kappa shape index (κ2) is 6.91. The van der Waals surface area contributed by atoms with Gasteiger partial charge in [-0.2, -0.15) is 0 Å². The van der Waals surface area contributed by atoms with Gasteiger partial charge >= 0.3 is 0 Å². The van der Waals surface area contributed by atoms with Crippen LogP contribution in [0.25, 0.3) is 0 Å². The molecule has 1 aliphatic rings. The van der Waals surface area contributed by atoms with E-state index in [0.29, 0.717) is 18.1 Å². The Hall–Kier alpha value is -2.89. The van der Waals surface area contributed by atoms with Gasteiger partial charge in [0.2, 0.25) is 6.79 Å². The molecule has 0 radical (unpaired) electrons. The molecule has 6 nitrogen and oxygen atoms in total. The third kappa shape index (κ3) is 3.48. The highest BCUT2D eigenvalue weighted by Gasteiger charge is 2.13. The van der Waals surface area contributed by atoms with Crippen molar-refractivity contribution in [2.24, 2.45) is 5.16 Å². The fourth-order valence-corrected chi connectivity index (χ4v) is 2.17. The lowest BCUT2D eigenvalue weighted by Gasteiger charge is -2.07. The summed E-state index contributed by atoms with van der Waals surface area (Å²) in [6, 6.07) is 11.2. The lowest BCUT2D eigenvalue weighted by atomic mass is 10.2. The first-order valence-corrected chi connectivity index (χ1v) is 7.06. The van der Waals surface area contributed by atoms with Gasteiger partial charge in [0.25, 0.3) is 0 Å². The molecule has 23 heavy (non-hydrogen) atoms. The van der Waals surface area contributed by atoms with E-state index >= 15 is 0 Å². The third-order valence-corrected chi connectivity index (χ3v) is 3.35. The standard InChI is InChI=1S/C17H17NO5/c1-19-14-5-3-12(7-16(14)20-2)9-18-23-10-13-4-6-15-17(8-13)22-11-21-15/h3-9H,10-11H2,1-2H3/b18-9-. The van der Waals surface area contributed by atoms with E-state index in [-0.39, 0.29) is 6.79 Å². The van der Waals surface area contributed by atoms with Crippen LogP contribution in [0.2, 0.25) is 0 Å². The molecule has 0 bridgehead atoms. The fourth-order valence-electron chi connectivity index (χ4n) is 2.17. The van der Waals surface area contributed by atoms with Crippen LogP contribution in [-0.2, 0) is 11.4 Å². The van der Waals surface area contributed by atoms with Crippen LogP contribution in [-0.4, -0.2) is 27.2 Å². The highest BCUT2D eigenvalue weighted by atomic mass is 16.7. The smallest absolute Gasteiger partial charge is 0.231 e. The number of rotatable bonds is 6. The number of hydrogen-bond donors (Lipinski definition) is 0. The number of benzene rings is 2. The molecule has 120 valence electrons. The summed E-state index contributed by atoms with van der Waals surface area (Å²) in [5, 5.41) is 3.97. The average Bonchev–Trinajstić information content (AvgIpc) is 3.06. The normalized spacial score (nSPS) is 12.4. The van der Waals surface area contributed by atoms with Crippen LogP contribution in [0.3, 0.4) is 0 Å². The molecule has 0 N–H and O–H groups in total. The molecule has 0 amide bonds. The van der Waals surface area contributed by atoms with Gasteiger partial charge in [-0.25, -0.2) is 0 Å². The molecule has 0 aliphatic carbocycles. The highest BCUT2D eigenvalue weighted by Crippen LogP contribution is 2.32. The van der Waals surface area contributed by atoms with Crippen molar-refractivity contribution < 1.29 is 23.8 Å². The molecule has 1 aliphatic heterocycles. The Morgan fingerprint density at radius 2 is 1.83 bits per heavy atom. The van der Waals surface area contributed by atoms with Gasteiger partial charge in [-0.15, -0.1) is 0 Å². The van der Waals surface area contributed by atoms with Gasteiger partial charge < -0.3 is 23.8 Å². The van der Waals surface area contributed by atoms with Gasteiger partial charge in [0.1, 0.15) is 6.61 Å². The van der Waals surface area contributed by atoms with Gasteiger partial charge in [-0.1, -0.05) is 11.2 Å². The Labute approximate surface area is 134 Å². The predicted octanol–water partition coefficient (Wildman–Crippen LogP) is 2.98. The number of nitrogens with zero attached hydrogens (tertiary/aromatic N) is 1. The van der Waals surface area contributed by atoms with Crippen LogP contribution in [0.5, 0.6) is 23.0 Å². The number of methoxy groups -OCH3 is 2. The predicted molar refractivity (Wildman–Crippen MR) is 84.5 cm³/mol. The van der Waals surface area contributed by atoms with Crippen LogP contribution >= 0.6 is 0 Å². The highest BCUT2D eigenvalue weighted by molar-refractivity contribution is 5.80. The van der Waals surface area contributed by atoms with E-state index in [1.807, 2.05) is 36.4 Å². The van der Waals surface area contributed by atoms with Crippen molar-refractivity contribution in [3.63, 3.8) is 0 Å². The Kier molecular flexibility index (Phi) is 4.52. The van der Waals surface area contributed by atoms with Crippen LogP contribution in [0.4, 0.5) is 0 Å². The molecule has 0 fully saturated rings. The van der Waals surface area contributed by atoms with Gasteiger partial charge in [-0.05, 0) is 35.9 Å². The molecular weight excluding hydrogens is 298 g/mol. The van der Waals surface area contributed by atoms with E-state index < -0.39 is 0 Å². The zero-order valence-electron chi connectivity index (χ0n) is 12.9. The van der Waals surface area contributed by atoms with E-state index in [9.17, 15) is 0 Å². The summed E-state index contributed by atoms with van der Waals surface area (Å²) < 4.78 is 21.0.